The first kappa shape index (κ1) is 18.7. The van der Waals surface area contributed by atoms with E-state index in [4.69, 9.17) is 17.3 Å². The molecule has 1 aromatic rings. The molecule has 1 unspecified atom stereocenters. The van der Waals surface area contributed by atoms with E-state index >= 15 is 0 Å². The van der Waals surface area contributed by atoms with Gasteiger partial charge in [-0.3, -0.25) is 4.79 Å². The Bertz CT molecular complexity index is 760. The highest BCUT2D eigenvalue weighted by Crippen LogP contribution is 2.28. The minimum atomic E-state index is -3.89. The summed E-state index contributed by atoms with van der Waals surface area (Å²) in [4.78, 5) is 12.0. The molecule has 3 N–H and O–H groups in total. The number of nitrogens with one attached hydrogen (secondary N) is 1. The van der Waals surface area contributed by atoms with E-state index < -0.39 is 15.9 Å². The van der Waals surface area contributed by atoms with Crippen LogP contribution in [0.2, 0.25) is 5.02 Å². The summed E-state index contributed by atoms with van der Waals surface area (Å²) in [7, 11) is -3.89. The van der Waals surface area contributed by atoms with E-state index in [2.05, 4.69) is 5.32 Å². The Morgan fingerprint density at radius 2 is 2.25 bits per heavy atom. The fourth-order valence-corrected chi connectivity index (χ4v) is 4.64. The average Bonchev–Trinajstić information content (AvgIpc) is 2.59. The number of nitrogens with two attached hydrogens (primary N) is 1. The van der Waals surface area contributed by atoms with Gasteiger partial charge in [0.25, 0.3) is 0 Å². The molecule has 0 bridgehead atoms. The van der Waals surface area contributed by atoms with Crippen LogP contribution in [0.1, 0.15) is 18.4 Å². The van der Waals surface area contributed by atoms with Crippen LogP contribution < -0.4 is 11.1 Å². The highest BCUT2D eigenvalue weighted by atomic mass is 35.5. The number of sulfonamides is 1. The van der Waals surface area contributed by atoms with Crippen molar-refractivity contribution >= 4 is 27.5 Å². The van der Waals surface area contributed by atoms with Crippen molar-refractivity contribution in [1.29, 1.82) is 5.26 Å². The Balaban J connectivity index is 2.25. The molecule has 2 rings (SSSR count). The Labute approximate surface area is 146 Å². The van der Waals surface area contributed by atoms with Crippen molar-refractivity contribution in [3.05, 3.63) is 28.8 Å². The maximum absolute atomic E-state index is 12.9. The summed E-state index contributed by atoms with van der Waals surface area (Å²) < 4.78 is 27.0. The van der Waals surface area contributed by atoms with Gasteiger partial charge in [-0.2, -0.15) is 9.57 Å². The fourth-order valence-electron chi connectivity index (χ4n) is 2.68. The van der Waals surface area contributed by atoms with Crippen LogP contribution in [0.15, 0.2) is 23.1 Å². The zero-order valence-electron chi connectivity index (χ0n) is 13.0. The van der Waals surface area contributed by atoms with Gasteiger partial charge >= 0.3 is 0 Å². The van der Waals surface area contributed by atoms with Gasteiger partial charge in [-0.1, -0.05) is 17.7 Å². The number of halogens is 1. The van der Waals surface area contributed by atoms with Gasteiger partial charge in [0.2, 0.25) is 15.9 Å². The summed E-state index contributed by atoms with van der Waals surface area (Å²) in [5, 5.41) is 12.0. The van der Waals surface area contributed by atoms with E-state index in [-0.39, 0.29) is 27.9 Å². The first-order valence-corrected chi connectivity index (χ1v) is 9.40. The molecule has 1 amide bonds. The molecule has 9 heteroatoms. The molecule has 130 valence electrons. The first-order chi connectivity index (χ1) is 11.4. The van der Waals surface area contributed by atoms with Crippen molar-refractivity contribution in [3.8, 4) is 6.07 Å². The summed E-state index contributed by atoms with van der Waals surface area (Å²) in [5.41, 5.74) is 5.29. The number of hydrogen-bond acceptors (Lipinski definition) is 5. The maximum atomic E-state index is 12.9. The van der Waals surface area contributed by atoms with E-state index in [1.54, 1.807) is 0 Å². The van der Waals surface area contributed by atoms with Gasteiger partial charge in [0.1, 0.15) is 11.0 Å². The Kier molecular flexibility index (Phi) is 6.18. The predicted molar refractivity (Wildman–Crippen MR) is 89.7 cm³/mol. The summed E-state index contributed by atoms with van der Waals surface area (Å²) >= 11 is 5.93. The molecule has 1 heterocycles. The molecule has 1 aromatic carbocycles. The van der Waals surface area contributed by atoms with Gasteiger partial charge in [-0.25, -0.2) is 8.42 Å². The smallest absolute Gasteiger partial charge is 0.244 e. The number of nitrogens with zero attached hydrogens (tertiary/aromatic N) is 2. The van der Waals surface area contributed by atoms with Crippen molar-refractivity contribution in [2.24, 2.45) is 11.7 Å². The summed E-state index contributed by atoms with van der Waals surface area (Å²) in [6.07, 6.45) is 1.19. The molecule has 0 aromatic heterocycles. The molecule has 24 heavy (non-hydrogen) atoms. The maximum Gasteiger partial charge on any atom is 0.244 e. The third kappa shape index (κ3) is 3.87. The van der Waals surface area contributed by atoms with E-state index in [1.165, 1.54) is 22.5 Å². The lowest BCUT2D eigenvalue weighted by molar-refractivity contribution is -0.126. The van der Waals surface area contributed by atoms with Crippen molar-refractivity contribution < 1.29 is 13.2 Å². The second-order valence-corrected chi connectivity index (χ2v) is 7.82. The van der Waals surface area contributed by atoms with E-state index in [0.29, 0.717) is 32.5 Å². The van der Waals surface area contributed by atoms with E-state index in [9.17, 15) is 18.5 Å². The zero-order valence-corrected chi connectivity index (χ0v) is 14.6. The van der Waals surface area contributed by atoms with Crippen LogP contribution >= 0.6 is 11.6 Å². The highest BCUT2D eigenvalue weighted by Gasteiger charge is 2.34. The summed E-state index contributed by atoms with van der Waals surface area (Å²) in [6.45, 7) is 1.07. The lowest BCUT2D eigenvalue weighted by atomic mass is 9.99. The van der Waals surface area contributed by atoms with Crippen molar-refractivity contribution in [2.75, 3.05) is 26.2 Å². The number of hydrogen-bond donors (Lipinski definition) is 2. The molecule has 1 saturated heterocycles. The molecule has 1 aliphatic heterocycles. The Morgan fingerprint density at radius 1 is 1.50 bits per heavy atom. The summed E-state index contributed by atoms with van der Waals surface area (Å²) in [5.74, 6) is -0.628. The Morgan fingerprint density at radius 3 is 2.92 bits per heavy atom. The molecule has 1 atom stereocenters. The van der Waals surface area contributed by atoms with Gasteiger partial charge in [0.05, 0.1) is 16.5 Å². The molecule has 0 saturated carbocycles. The average molecular weight is 371 g/mol. The molecule has 7 nitrogen and oxygen atoms in total. The number of rotatable bonds is 5. The van der Waals surface area contributed by atoms with Crippen LogP contribution in [-0.4, -0.2) is 44.8 Å². The van der Waals surface area contributed by atoms with Crippen molar-refractivity contribution in [3.63, 3.8) is 0 Å². The number of amides is 1. The van der Waals surface area contributed by atoms with Crippen LogP contribution in [0.5, 0.6) is 0 Å². The van der Waals surface area contributed by atoms with Crippen LogP contribution in [0.25, 0.3) is 0 Å². The number of carbonyl (C=O) groups is 1. The van der Waals surface area contributed by atoms with Gasteiger partial charge in [-0.05, 0) is 25.0 Å². The molecule has 0 radical (unpaired) electrons. The fraction of sp³-hybridized carbons (Fsp3) is 0.467. The van der Waals surface area contributed by atoms with Gasteiger partial charge < -0.3 is 11.1 Å². The number of benzene rings is 1. The lowest BCUT2D eigenvalue weighted by Crippen LogP contribution is -2.46. The van der Waals surface area contributed by atoms with E-state index in [0.717, 1.165) is 0 Å². The highest BCUT2D eigenvalue weighted by molar-refractivity contribution is 7.89. The SMILES string of the molecule is N#Cc1c(Cl)cccc1S(=O)(=O)N1CCCC(C(=O)NCCN)C1. The molecule has 1 fully saturated rings. The molecular weight excluding hydrogens is 352 g/mol. The van der Waals surface area contributed by atoms with Gasteiger partial charge in [-0.15, -0.1) is 0 Å². The largest absolute Gasteiger partial charge is 0.355 e. The minimum Gasteiger partial charge on any atom is -0.355 e. The topological polar surface area (TPSA) is 116 Å². The van der Waals surface area contributed by atoms with Crippen LogP contribution in [0.3, 0.4) is 0 Å². The predicted octanol–water partition coefficient (Wildman–Crippen LogP) is 0.687. The molecule has 0 spiro atoms. The second kappa shape index (κ2) is 7.94. The van der Waals surface area contributed by atoms with Crippen LogP contribution in [0.4, 0.5) is 0 Å². The number of piperidine rings is 1. The second-order valence-electron chi connectivity index (χ2n) is 5.51. The number of carbonyl (C=O) groups excluding carboxylic acids is 1. The third-order valence-corrected chi connectivity index (χ3v) is 6.13. The first-order valence-electron chi connectivity index (χ1n) is 7.58. The summed E-state index contributed by atoms with van der Waals surface area (Å²) in [6, 6.07) is 6.16. The monoisotopic (exact) mass is 370 g/mol. The zero-order chi connectivity index (χ0) is 17.7. The quantitative estimate of drug-likeness (QED) is 0.790. The van der Waals surface area contributed by atoms with Gasteiger partial charge in [0, 0.05) is 26.2 Å². The van der Waals surface area contributed by atoms with Crippen molar-refractivity contribution in [2.45, 2.75) is 17.7 Å². The molecular formula is C15H19ClN4O3S. The third-order valence-electron chi connectivity index (χ3n) is 3.90. The minimum absolute atomic E-state index is 0.0751. The number of nitriles is 1. The van der Waals surface area contributed by atoms with Crippen LogP contribution in [0, 0.1) is 17.2 Å². The van der Waals surface area contributed by atoms with E-state index in [1.807, 2.05) is 6.07 Å². The van der Waals surface area contributed by atoms with Crippen molar-refractivity contribution in [1.82, 2.24) is 9.62 Å². The van der Waals surface area contributed by atoms with Crippen LogP contribution in [-0.2, 0) is 14.8 Å². The Hall–Kier alpha value is -1.66. The lowest BCUT2D eigenvalue weighted by Gasteiger charge is -2.31. The standard InChI is InChI=1S/C15H19ClN4O3S/c16-13-4-1-5-14(12(13)9-18)24(22,23)20-8-2-3-11(10-20)15(21)19-7-6-17/h1,4-5,11H,2-3,6-8,10,17H2,(H,19,21). The normalized spacial score (nSPS) is 18.8. The van der Waals surface area contributed by atoms with Gasteiger partial charge in [0.15, 0.2) is 0 Å². The molecule has 1 aliphatic rings. The molecule has 0 aliphatic carbocycles.